The van der Waals surface area contributed by atoms with Gasteiger partial charge in [-0.1, -0.05) is 36.8 Å². The number of rotatable bonds is 4. The van der Waals surface area contributed by atoms with Crippen LogP contribution >= 0.6 is 0 Å². The predicted molar refractivity (Wildman–Crippen MR) is 73.7 cm³/mol. The molecule has 0 aromatic heterocycles. The summed E-state index contributed by atoms with van der Waals surface area (Å²) >= 11 is 0. The van der Waals surface area contributed by atoms with Gasteiger partial charge < -0.3 is 10.2 Å². The first-order valence-electron chi connectivity index (χ1n) is 7.12. The van der Waals surface area contributed by atoms with Gasteiger partial charge in [-0.3, -0.25) is 4.79 Å². The first-order chi connectivity index (χ1) is 9.97. The van der Waals surface area contributed by atoms with Gasteiger partial charge in [0.25, 0.3) is 0 Å². The Morgan fingerprint density at radius 2 is 1.76 bits per heavy atom. The van der Waals surface area contributed by atoms with E-state index in [1.165, 1.54) is 0 Å². The van der Waals surface area contributed by atoms with Crippen LogP contribution in [0.25, 0.3) is 0 Å². The minimum atomic E-state index is -4.85. The molecule has 0 saturated carbocycles. The Labute approximate surface area is 122 Å². The van der Waals surface area contributed by atoms with Crippen molar-refractivity contribution in [3.8, 4) is 0 Å². The van der Waals surface area contributed by atoms with Crippen LogP contribution in [0.5, 0.6) is 0 Å². The van der Waals surface area contributed by atoms with Crippen LogP contribution in [0.2, 0.25) is 0 Å². The Bertz CT molecular complexity index is 456. The van der Waals surface area contributed by atoms with Crippen LogP contribution in [-0.2, 0) is 4.79 Å². The highest BCUT2D eigenvalue weighted by Crippen LogP contribution is 2.21. The third-order valence-corrected chi connectivity index (χ3v) is 3.65. The lowest BCUT2D eigenvalue weighted by Gasteiger charge is -2.31. The van der Waals surface area contributed by atoms with Crippen LogP contribution in [0.15, 0.2) is 30.3 Å². The fourth-order valence-corrected chi connectivity index (χ4v) is 2.56. The zero-order valence-electron chi connectivity index (χ0n) is 11.7. The summed E-state index contributed by atoms with van der Waals surface area (Å²) in [7, 11) is 0. The van der Waals surface area contributed by atoms with Crippen molar-refractivity contribution < 1.29 is 18.0 Å². The van der Waals surface area contributed by atoms with Crippen molar-refractivity contribution in [1.82, 2.24) is 10.2 Å². The third kappa shape index (κ3) is 4.74. The second kappa shape index (κ2) is 6.93. The van der Waals surface area contributed by atoms with Crippen molar-refractivity contribution >= 4 is 5.91 Å². The lowest BCUT2D eigenvalue weighted by molar-refractivity contribution is -0.174. The molecule has 2 rings (SSSR count). The van der Waals surface area contributed by atoms with Crippen LogP contribution < -0.4 is 5.32 Å². The lowest BCUT2D eigenvalue weighted by Crippen LogP contribution is -2.44. The number of alkyl halides is 3. The summed E-state index contributed by atoms with van der Waals surface area (Å²) in [4.78, 5) is 13.3. The SMILES string of the molecule is O=C(N[C@@H](CN1CCCCC1)c1ccccc1)C(F)(F)F. The monoisotopic (exact) mass is 300 g/mol. The molecule has 0 bridgehead atoms. The summed E-state index contributed by atoms with van der Waals surface area (Å²) in [5.74, 6) is -1.88. The standard InChI is InChI=1S/C15H19F3N2O/c16-15(17,18)14(21)19-13(12-7-3-1-4-8-12)11-20-9-5-2-6-10-20/h1,3-4,7-8,13H,2,5-6,9-11H2,(H,19,21)/t13-/m0/s1. The Morgan fingerprint density at radius 3 is 2.33 bits per heavy atom. The molecule has 3 nitrogen and oxygen atoms in total. The number of benzene rings is 1. The van der Waals surface area contributed by atoms with E-state index in [9.17, 15) is 18.0 Å². The van der Waals surface area contributed by atoms with Crippen molar-refractivity contribution in [2.75, 3.05) is 19.6 Å². The first kappa shape index (κ1) is 15.8. The highest BCUT2D eigenvalue weighted by molar-refractivity contribution is 5.82. The van der Waals surface area contributed by atoms with Crippen LogP contribution in [0.1, 0.15) is 30.9 Å². The molecule has 1 amide bonds. The molecule has 1 aromatic carbocycles. The quantitative estimate of drug-likeness (QED) is 0.927. The summed E-state index contributed by atoms with van der Waals surface area (Å²) in [5, 5.41) is 2.11. The van der Waals surface area contributed by atoms with E-state index in [0.29, 0.717) is 12.1 Å². The molecule has 0 radical (unpaired) electrons. The van der Waals surface area contributed by atoms with Crippen molar-refractivity contribution in [3.05, 3.63) is 35.9 Å². The maximum atomic E-state index is 12.5. The molecule has 21 heavy (non-hydrogen) atoms. The molecule has 6 heteroatoms. The van der Waals surface area contributed by atoms with E-state index in [2.05, 4.69) is 10.2 Å². The van der Waals surface area contributed by atoms with Crippen LogP contribution in [0, 0.1) is 0 Å². The molecule has 1 aromatic rings. The molecule has 0 spiro atoms. The molecule has 1 aliphatic heterocycles. The van der Waals surface area contributed by atoms with Crippen molar-refractivity contribution in [2.45, 2.75) is 31.5 Å². The van der Waals surface area contributed by atoms with Crippen LogP contribution in [-0.4, -0.2) is 36.6 Å². The van der Waals surface area contributed by atoms with Crippen molar-refractivity contribution in [2.24, 2.45) is 0 Å². The van der Waals surface area contributed by atoms with Gasteiger partial charge in [-0.25, -0.2) is 0 Å². The maximum absolute atomic E-state index is 12.5. The van der Waals surface area contributed by atoms with Gasteiger partial charge >= 0.3 is 12.1 Å². The Hall–Kier alpha value is -1.56. The molecule has 1 fully saturated rings. The molecule has 1 heterocycles. The van der Waals surface area contributed by atoms with E-state index in [4.69, 9.17) is 0 Å². The number of amides is 1. The van der Waals surface area contributed by atoms with Crippen LogP contribution in [0.4, 0.5) is 13.2 Å². The van der Waals surface area contributed by atoms with Gasteiger partial charge in [0.2, 0.25) is 0 Å². The summed E-state index contributed by atoms with van der Waals surface area (Å²) in [6.07, 6.45) is -1.60. The smallest absolute Gasteiger partial charge is 0.340 e. The highest BCUT2D eigenvalue weighted by atomic mass is 19.4. The number of nitrogens with zero attached hydrogens (tertiary/aromatic N) is 1. The largest absolute Gasteiger partial charge is 0.471 e. The van der Waals surface area contributed by atoms with Gasteiger partial charge in [-0.15, -0.1) is 0 Å². The topological polar surface area (TPSA) is 32.3 Å². The minimum Gasteiger partial charge on any atom is -0.340 e. The average Bonchev–Trinajstić information content (AvgIpc) is 2.47. The number of carbonyl (C=O) groups is 1. The molecule has 116 valence electrons. The van der Waals surface area contributed by atoms with Gasteiger partial charge in [0, 0.05) is 6.54 Å². The second-order valence-electron chi connectivity index (χ2n) is 5.30. The van der Waals surface area contributed by atoms with Gasteiger partial charge in [0.1, 0.15) is 0 Å². The molecule has 0 aliphatic carbocycles. The second-order valence-corrected chi connectivity index (χ2v) is 5.30. The average molecular weight is 300 g/mol. The molecule has 1 saturated heterocycles. The van der Waals surface area contributed by atoms with Gasteiger partial charge in [0.15, 0.2) is 0 Å². The summed E-state index contributed by atoms with van der Waals surface area (Å²) < 4.78 is 37.4. The number of halogens is 3. The number of piperidine rings is 1. The van der Waals surface area contributed by atoms with Gasteiger partial charge in [-0.2, -0.15) is 13.2 Å². The first-order valence-corrected chi connectivity index (χ1v) is 7.12. The maximum Gasteiger partial charge on any atom is 0.471 e. The Kier molecular flexibility index (Phi) is 5.22. The zero-order valence-corrected chi connectivity index (χ0v) is 11.7. The zero-order chi connectivity index (χ0) is 15.3. The molecule has 0 unspecified atom stereocenters. The van der Waals surface area contributed by atoms with E-state index in [1.807, 2.05) is 0 Å². The summed E-state index contributed by atoms with van der Waals surface area (Å²) in [6, 6.07) is 8.17. The number of likely N-dealkylation sites (tertiary alicyclic amines) is 1. The van der Waals surface area contributed by atoms with E-state index in [0.717, 1.165) is 32.4 Å². The fourth-order valence-electron chi connectivity index (χ4n) is 2.56. The lowest BCUT2D eigenvalue weighted by atomic mass is 10.0. The third-order valence-electron chi connectivity index (χ3n) is 3.65. The molecule has 1 aliphatic rings. The molecular weight excluding hydrogens is 281 g/mol. The summed E-state index contributed by atoms with van der Waals surface area (Å²) in [5.41, 5.74) is 0.695. The normalized spacial score (nSPS) is 18.2. The van der Waals surface area contributed by atoms with Crippen molar-refractivity contribution in [3.63, 3.8) is 0 Å². The summed E-state index contributed by atoms with van der Waals surface area (Å²) in [6.45, 7) is 2.14. The van der Waals surface area contributed by atoms with E-state index in [1.54, 1.807) is 30.3 Å². The minimum absolute atomic E-state index is 0.409. The predicted octanol–water partition coefficient (Wildman–Crippen LogP) is 2.89. The number of hydrogen-bond acceptors (Lipinski definition) is 2. The number of hydrogen-bond donors (Lipinski definition) is 1. The van der Waals surface area contributed by atoms with Gasteiger partial charge in [0.05, 0.1) is 6.04 Å². The Morgan fingerprint density at radius 1 is 1.14 bits per heavy atom. The van der Waals surface area contributed by atoms with Gasteiger partial charge in [-0.05, 0) is 31.5 Å². The fraction of sp³-hybridized carbons (Fsp3) is 0.533. The van der Waals surface area contributed by atoms with Crippen LogP contribution in [0.3, 0.4) is 0 Å². The number of nitrogens with one attached hydrogen (secondary N) is 1. The van der Waals surface area contributed by atoms with Crippen molar-refractivity contribution in [1.29, 1.82) is 0 Å². The molecule has 1 N–H and O–H groups in total. The van der Waals surface area contributed by atoms with E-state index in [-0.39, 0.29) is 0 Å². The van der Waals surface area contributed by atoms with E-state index >= 15 is 0 Å². The Balaban J connectivity index is 2.08. The number of carbonyl (C=O) groups excluding carboxylic acids is 1. The molecule has 1 atom stereocenters. The molecular formula is C15H19F3N2O. The van der Waals surface area contributed by atoms with E-state index < -0.39 is 18.1 Å². The highest BCUT2D eigenvalue weighted by Gasteiger charge is 2.40.